The summed E-state index contributed by atoms with van der Waals surface area (Å²) in [6.45, 7) is 8.50. The van der Waals surface area contributed by atoms with Crippen LogP contribution >= 0.6 is 10.3 Å². The summed E-state index contributed by atoms with van der Waals surface area (Å²) in [7, 11) is -8.25. The van der Waals surface area contributed by atoms with E-state index in [1.54, 1.807) is 27.7 Å². The molecule has 0 amide bonds. The van der Waals surface area contributed by atoms with E-state index in [2.05, 4.69) is 3.63 Å². The third kappa shape index (κ3) is 6.26. The molecule has 1 N–H and O–H groups in total. The number of carbonyl (C=O) groups excluding carboxylic acids is 1. The number of carbonyl (C=O) groups is 1. The van der Waals surface area contributed by atoms with Crippen molar-refractivity contribution in [2.45, 2.75) is 76.3 Å². The lowest BCUT2D eigenvalue weighted by Crippen LogP contribution is -2.38. The molecule has 0 aliphatic rings. The molecular formula is C14H28F3O4S2+. The maximum absolute atomic E-state index is 12.7. The average Bonchev–Trinajstić information content (AvgIpc) is 2.35. The summed E-state index contributed by atoms with van der Waals surface area (Å²) in [4.78, 5) is 12.2. The molecule has 0 fully saturated rings. The second-order valence-corrected chi connectivity index (χ2v) is 11.8. The van der Waals surface area contributed by atoms with Crippen LogP contribution < -0.4 is 0 Å². The lowest BCUT2D eigenvalue weighted by atomic mass is 10.2. The summed E-state index contributed by atoms with van der Waals surface area (Å²) in [5.41, 5.74) is -5.43. The number of ketones is 1. The Balaban J connectivity index is 5.48. The van der Waals surface area contributed by atoms with Crippen LogP contribution in [0.3, 0.4) is 0 Å². The van der Waals surface area contributed by atoms with Gasteiger partial charge in [0.2, 0.25) is 0 Å². The van der Waals surface area contributed by atoms with Crippen LogP contribution in [0, 0.1) is 0 Å². The van der Waals surface area contributed by atoms with Crippen LogP contribution in [0.25, 0.3) is 0 Å². The fourth-order valence-electron chi connectivity index (χ4n) is 2.20. The Morgan fingerprint density at radius 3 is 1.87 bits per heavy atom. The van der Waals surface area contributed by atoms with Crippen LogP contribution in [0.1, 0.15) is 60.3 Å². The van der Waals surface area contributed by atoms with Crippen molar-refractivity contribution in [1.29, 1.82) is 0 Å². The highest BCUT2D eigenvalue weighted by Crippen LogP contribution is 2.58. The number of hydrogen-bond acceptors (Lipinski definition) is 3. The maximum Gasteiger partial charge on any atom is 0.572 e. The van der Waals surface area contributed by atoms with Gasteiger partial charge in [0.15, 0.2) is 0 Å². The van der Waals surface area contributed by atoms with E-state index in [0.717, 1.165) is 12.8 Å². The van der Waals surface area contributed by atoms with Crippen molar-refractivity contribution in [2.75, 3.05) is 5.75 Å². The maximum atomic E-state index is 12.7. The molecule has 23 heavy (non-hydrogen) atoms. The van der Waals surface area contributed by atoms with E-state index < -0.39 is 36.4 Å². The fraction of sp³-hybridized carbons (Fsp3) is 0.929. The van der Waals surface area contributed by atoms with Crippen LogP contribution in [-0.2, 0) is 14.9 Å². The minimum absolute atomic E-state index is 0.207. The van der Waals surface area contributed by atoms with Crippen molar-refractivity contribution in [3.63, 3.8) is 0 Å². The minimum atomic E-state index is -5.61. The van der Waals surface area contributed by atoms with Crippen molar-refractivity contribution in [1.82, 2.24) is 0 Å². The highest BCUT2D eigenvalue weighted by atomic mass is 32.3. The lowest BCUT2D eigenvalue weighted by molar-refractivity contribution is -0.116. The van der Waals surface area contributed by atoms with Gasteiger partial charge in [-0.05, 0) is 44.4 Å². The molecular weight excluding hydrogens is 353 g/mol. The zero-order valence-corrected chi connectivity index (χ0v) is 15.9. The first-order chi connectivity index (χ1) is 10.3. The molecule has 4 nitrogen and oxygen atoms in total. The molecule has 0 saturated heterocycles. The van der Waals surface area contributed by atoms with Crippen LogP contribution in [0.5, 0.6) is 0 Å². The Kier molecular flexibility index (Phi) is 8.60. The number of halogens is 3. The molecule has 0 unspecified atom stereocenters. The van der Waals surface area contributed by atoms with E-state index in [4.69, 9.17) is 0 Å². The molecule has 0 heterocycles. The van der Waals surface area contributed by atoms with E-state index in [-0.39, 0.29) is 18.0 Å². The molecule has 0 bridgehead atoms. The van der Waals surface area contributed by atoms with Gasteiger partial charge in [-0.3, -0.25) is 8.42 Å². The van der Waals surface area contributed by atoms with E-state index in [0.29, 0.717) is 6.42 Å². The number of unbranched alkanes of at least 4 members (excludes halogenated alkanes) is 2. The summed E-state index contributed by atoms with van der Waals surface area (Å²) in [6, 6.07) is 0. The molecule has 0 aromatic rings. The number of alkyl halides is 3. The van der Waals surface area contributed by atoms with Gasteiger partial charge < -0.3 is 0 Å². The molecule has 0 aromatic carbocycles. The minimum Gasteiger partial charge on any atom is -0.299 e. The van der Waals surface area contributed by atoms with E-state index in [1.165, 1.54) is 0 Å². The van der Waals surface area contributed by atoms with Gasteiger partial charge in [-0.25, -0.2) is 0 Å². The largest absolute Gasteiger partial charge is 0.572 e. The van der Waals surface area contributed by atoms with Gasteiger partial charge in [-0.2, -0.15) is 13.2 Å². The number of rotatable bonds is 10. The highest BCUT2D eigenvalue weighted by Gasteiger charge is 2.57. The predicted octanol–water partition coefficient (Wildman–Crippen LogP) is 4.62. The first-order valence-corrected chi connectivity index (χ1v) is 11.0. The van der Waals surface area contributed by atoms with E-state index in [9.17, 15) is 26.4 Å². The average molecular weight is 382 g/mol. The van der Waals surface area contributed by atoms with E-state index in [1.807, 2.05) is 6.92 Å². The normalized spacial score (nSPS) is 14.5. The summed E-state index contributed by atoms with van der Waals surface area (Å²) >= 11 is 0. The van der Waals surface area contributed by atoms with Crippen molar-refractivity contribution < 1.29 is 30.0 Å². The smallest absolute Gasteiger partial charge is 0.299 e. The van der Waals surface area contributed by atoms with Gasteiger partial charge in [0.1, 0.15) is 5.78 Å². The molecule has 140 valence electrons. The summed E-state index contributed by atoms with van der Waals surface area (Å²) in [6.07, 6.45) is 2.69. The van der Waals surface area contributed by atoms with Crippen LogP contribution in [0.4, 0.5) is 13.2 Å². The van der Waals surface area contributed by atoms with Crippen LogP contribution in [0.2, 0.25) is 0 Å². The second-order valence-electron chi connectivity index (χ2n) is 6.04. The topological polar surface area (TPSA) is 64.0 Å². The third-order valence-corrected chi connectivity index (χ3v) is 10.1. The molecule has 0 aliphatic heterocycles. The lowest BCUT2D eigenvalue weighted by Gasteiger charge is -2.40. The molecule has 0 atom stereocenters. The van der Waals surface area contributed by atoms with E-state index >= 15 is 0 Å². The standard InChI is InChI=1S/C14H27F3O4S2/c1-6-7-8-9-13(18)10-22(11(2)3,12(4)5)21-23(19,20)14(15,16)17/h11-12H,6-10H2,1-5H3/p+1. The first-order valence-electron chi connectivity index (χ1n) is 7.66. The monoisotopic (exact) mass is 381 g/mol. The zero-order chi connectivity index (χ0) is 18.5. The van der Waals surface area contributed by atoms with Gasteiger partial charge in [0.25, 0.3) is 0 Å². The zero-order valence-electron chi connectivity index (χ0n) is 14.3. The fourth-order valence-corrected chi connectivity index (χ4v) is 8.01. The molecule has 0 aromatic heterocycles. The number of hydrogen-bond donors (Lipinski definition) is 0. The van der Waals surface area contributed by atoms with Crippen molar-refractivity contribution in [3.8, 4) is 0 Å². The molecule has 9 heteroatoms. The molecule has 0 radical (unpaired) electrons. The molecule has 0 rings (SSSR count). The SMILES string of the molecule is CCCCCC(=O)CS([OH+]S(=O)(=O)C(F)(F)F)(C(C)C)C(C)C. The van der Waals surface area contributed by atoms with Crippen LogP contribution in [0.15, 0.2) is 0 Å². The van der Waals surface area contributed by atoms with Gasteiger partial charge in [-0.15, -0.1) is 8.42 Å². The predicted molar refractivity (Wildman–Crippen MR) is 89.5 cm³/mol. The first kappa shape index (κ1) is 22.7. The van der Waals surface area contributed by atoms with Crippen molar-refractivity contribution >= 4 is 26.2 Å². The molecule has 0 spiro atoms. The third-order valence-electron chi connectivity index (χ3n) is 3.61. The van der Waals surface area contributed by atoms with Crippen molar-refractivity contribution in [2.24, 2.45) is 0 Å². The Morgan fingerprint density at radius 1 is 1.04 bits per heavy atom. The second kappa shape index (κ2) is 8.71. The quantitative estimate of drug-likeness (QED) is 0.240. The van der Waals surface area contributed by atoms with Gasteiger partial charge in [0, 0.05) is 16.9 Å². The van der Waals surface area contributed by atoms with Gasteiger partial charge in [0.05, 0.1) is 5.75 Å². The summed E-state index contributed by atoms with van der Waals surface area (Å²) in [5, 5.41) is -0.871. The summed E-state index contributed by atoms with van der Waals surface area (Å²) in [5.74, 6) is -0.418. The van der Waals surface area contributed by atoms with Crippen LogP contribution in [-0.4, -0.2) is 39.6 Å². The van der Waals surface area contributed by atoms with Crippen molar-refractivity contribution in [3.05, 3.63) is 0 Å². The Morgan fingerprint density at radius 2 is 1.52 bits per heavy atom. The number of Topliss-reactive ketones (excluding diaryl/α,β-unsaturated/α-hetero) is 1. The Hall–Kier alpha value is -0.280. The molecule has 0 aliphatic carbocycles. The molecule has 0 saturated carbocycles. The highest BCUT2D eigenvalue weighted by molar-refractivity contribution is 8.33. The van der Waals surface area contributed by atoms with Gasteiger partial charge in [-0.1, -0.05) is 19.8 Å². The Labute approximate surface area is 138 Å². The Bertz CT molecular complexity index is 477. The van der Waals surface area contributed by atoms with Gasteiger partial charge >= 0.3 is 15.6 Å². The summed E-state index contributed by atoms with van der Waals surface area (Å²) < 4.78 is 64.5.